The third-order valence-electron chi connectivity index (χ3n) is 3.81. The van der Waals surface area contributed by atoms with Crippen molar-refractivity contribution in [2.45, 2.75) is 20.4 Å². The topological polar surface area (TPSA) is 90.3 Å². The Morgan fingerprint density at radius 3 is 2.67 bits per heavy atom. The van der Waals surface area contributed by atoms with E-state index in [0.717, 1.165) is 34.2 Å². The predicted octanol–water partition coefficient (Wildman–Crippen LogP) is 3.44. The number of aryl methyl sites for hydroxylation is 2. The maximum atomic E-state index is 5.95. The molecule has 0 spiro atoms. The van der Waals surface area contributed by atoms with Gasteiger partial charge in [0.2, 0.25) is 0 Å². The molecule has 0 unspecified atom stereocenters. The zero-order valence-corrected chi connectivity index (χ0v) is 17.8. The van der Waals surface area contributed by atoms with E-state index in [4.69, 9.17) is 10.5 Å². The highest BCUT2D eigenvalue weighted by molar-refractivity contribution is 14.0. The largest absolute Gasteiger partial charge is 0.497 e. The van der Waals surface area contributed by atoms with Crippen LogP contribution in [0.1, 0.15) is 17.0 Å². The fourth-order valence-corrected chi connectivity index (χ4v) is 2.56. The summed E-state index contributed by atoms with van der Waals surface area (Å²) in [4.78, 5) is 8.81. The number of rotatable bonds is 5. The Morgan fingerprint density at radius 1 is 1.22 bits per heavy atom. The first-order valence-corrected chi connectivity index (χ1v) is 8.25. The van der Waals surface area contributed by atoms with Crippen molar-refractivity contribution in [1.82, 2.24) is 14.8 Å². The molecular weight excluding hydrogens is 455 g/mol. The number of ether oxygens (including phenoxy) is 1. The Kier molecular flexibility index (Phi) is 7.17. The summed E-state index contributed by atoms with van der Waals surface area (Å²) >= 11 is 0. The number of nitrogens with two attached hydrogens (primary N) is 1. The minimum absolute atomic E-state index is 0. The van der Waals surface area contributed by atoms with Gasteiger partial charge >= 0.3 is 0 Å². The molecule has 2 aromatic heterocycles. The van der Waals surface area contributed by atoms with E-state index in [9.17, 15) is 0 Å². The number of guanidine groups is 1. The molecule has 8 heteroatoms. The summed E-state index contributed by atoms with van der Waals surface area (Å²) in [5.41, 5.74) is 9.75. The Labute approximate surface area is 175 Å². The Bertz CT molecular complexity index is 920. The van der Waals surface area contributed by atoms with Crippen molar-refractivity contribution in [3.05, 3.63) is 65.6 Å². The number of anilines is 1. The first kappa shape index (κ1) is 20.7. The monoisotopic (exact) mass is 478 g/mol. The molecule has 1 aromatic carbocycles. The molecule has 3 N–H and O–H groups in total. The van der Waals surface area contributed by atoms with Crippen molar-refractivity contribution in [2.75, 3.05) is 12.4 Å². The molecule has 3 rings (SSSR count). The molecule has 7 nitrogen and oxygen atoms in total. The molecule has 0 fully saturated rings. The van der Waals surface area contributed by atoms with E-state index >= 15 is 0 Å². The Balaban J connectivity index is 0.00000261. The molecule has 3 aromatic rings. The summed E-state index contributed by atoms with van der Waals surface area (Å²) in [5.74, 6) is 1.87. The minimum Gasteiger partial charge on any atom is -0.497 e. The van der Waals surface area contributed by atoms with Gasteiger partial charge in [-0.05, 0) is 43.7 Å². The molecule has 0 atom stereocenters. The summed E-state index contributed by atoms with van der Waals surface area (Å²) in [6.07, 6.45) is 1.79. The van der Waals surface area contributed by atoms with Crippen LogP contribution >= 0.6 is 24.0 Å². The number of halogens is 1. The second-order valence-electron chi connectivity index (χ2n) is 5.92. The van der Waals surface area contributed by atoms with E-state index in [1.54, 1.807) is 13.3 Å². The molecule has 0 aliphatic rings. The van der Waals surface area contributed by atoms with Crippen LogP contribution in [-0.2, 0) is 6.54 Å². The third-order valence-corrected chi connectivity index (χ3v) is 3.81. The van der Waals surface area contributed by atoms with Crippen molar-refractivity contribution in [3.63, 3.8) is 0 Å². The number of nitrogens with zero attached hydrogens (tertiary/aromatic N) is 4. The SMILES string of the molecule is COc1cccc(NC(N)=NCc2ccc(-n3nc(C)cc3C)nc2)c1.I. The first-order valence-electron chi connectivity index (χ1n) is 8.25. The van der Waals surface area contributed by atoms with E-state index < -0.39 is 0 Å². The third kappa shape index (κ3) is 5.43. The number of methoxy groups -OCH3 is 1. The molecule has 142 valence electrons. The lowest BCUT2D eigenvalue weighted by Crippen LogP contribution is -2.22. The summed E-state index contributed by atoms with van der Waals surface area (Å²) in [6, 6.07) is 13.4. The first-order chi connectivity index (χ1) is 12.5. The Hall–Kier alpha value is -2.62. The highest BCUT2D eigenvalue weighted by atomic mass is 127. The zero-order valence-electron chi connectivity index (χ0n) is 15.5. The summed E-state index contributed by atoms with van der Waals surface area (Å²) in [5, 5.41) is 7.48. The van der Waals surface area contributed by atoms with Crippen LogP contribution in [0, 0.1) is 13.8 Å². The van der Waals surface area contributed by atoms with Crippen molar-refractivity contribution in [1.29, 1.82) is 0 Å². The van der Waals surface area contributed by atoms with Gasteiger partial charge < -0.3 is 15.8 Å². The maximum absolute atomic E-state index is 5.95. The second-order valence-corrected chi connectivity index (χ2v) is 5.92. The van der Waals surface area contributed by atoms with Crippen molar-refractivity contribution in [3.8, 4) is 11.6 Å². The van der Waals surface area contributed by atoms with E-state index in [-0.39, 0.29) is 24.0 Å². The normalized spacial score (nSPS) is 11.0. The summed E-state index contributed by atoms with van der Waals surface area (Å²) in [7, 11) is 1.62. The number of benzene rings is 1. The number of aromatic nitrogens is 3. The van der Waals surface area contributed by atoms with Gasteiger partial charge in [-0.2, -0.15) is 5.10 Å². The van der Waals surface area contributed by atoms with Gasteiger partial charge in [0.15, 0.2) is 11.8 Å². The number of hydrogen-bond acceptors (Lipinski definition) is 4. The molecule has 0 aliphatic carbocycles. The number of nitrogens with one attached hydrogen (secondary N) is 1. The van der Waals surface area contributed by atoms with Gasteiger partial charge in [0.05, 0.1) is 19.3 Å². The van der Waals surface area contributed by atoms with Crippen molar-refractivity contribution >= 4 is 35.6 Å². The molecule has 0 amide bonds. The highest BCUT2D eigenvalue weighted by Gasteiger charge is 2.05. The van der Waals surface area contributed by atoms with Gasteiger partial charge in [-0.1, -0.05) is 12.1 Å². The van der Waals surface area contributed by atoms with E-state index in [2.05, 4.69) is 20.4 Å². The number of hydrogen-bond donors (Lipinski definition) is 2. The van der Waals surface area contributed by atoms with Crippen LogP contribution in [0.4, 0.5) is 5.69 Å². The lowest BCUT2D eigenvalue weighted by Gasteiger charge is -2.07. The average molecular weight is 478 g/mol. The van der Waals surface area contributed by atoms with Crippen molar-refractivity contribution < 1.29 is 4.74 Å². The van der Waals surface area contributed by atoms with Crippen LogP contribution in [0.2, 0.25) is 0 Å². The minimum atomic E-state index is 0. The lowest BCUT2D eigenvalue weighted by molar-refractivity contribution is 0.415. The highest BCUT2D eigenvalue weighted by Crippen LogP contribution is 2.16. The van der Waals surface area contributed by atoms with Crippen LogP contribution in [0.3, 0.4) is 0 Å². The second kappa shape index (κ2) is 9.36. The molecule has 27 heavy (non-hydrogen) atoms. The molecule has 0 bridgehead atoms. The number of aliphatic imine (C=N–C) groups is 1. The van der Waals surface area contributed by atoms with Gasteiger partial charge in [0.25, 0.3) is 0 Å². The Morgan fingerprint density at radius 2 is 2.04 bits per heavy atom. The molecular formula is C19H23IN6O. The number of pyridine rings is 1. The van der Waals surface area contributed by atoms with Crippen LogP contribution in [-0.4, -0.2) is 27.8 Å². The molecule has 0 radical (unpaired) electrons. The standard InChI is InChI=1S/C19H22N6O.HI/c1-13-9-14(2)25(24-13)18-8-7-15(11-21-18)12-22-19(20)23-16-5-4-6-17(10-16)26-3;/h4-11H,12H2,1-3H3,(H3,20,22,23);1H. The van der Waals surface area contributed by atoms with Crippen LogP contribution in [0.25, 0.3) is 5.82 Å². The van der Waals surface area contributed by atoms with Gasteiger partial charge in [0.1, 0.15) is 5.75 Å². The fraction of sp³-hybridized carbons (Fsp3) is 0.211. The van der Waals surface area contributed by atoms with Crippen LogP contribution in [0.15, 0.2) is 53.7 Å². The van der Waals surface area contributed by atoms with Gasteiger partial charge in [-0.25, -0.2) is 14.7 Å². The smallest absolute Gasteiger partial charge is 0.193 e. The maximum Gasteiger partial charge on any atom is 0.193 e. The van der Waals surface area contributed by atoms with Gasteiger partial charge in [-0.15, -0.1) is 24.0 Å². The van der Waals surface area contributed by atoms with E-state index in [1.807, 2.05) is 61.0 Å². The molecule has 2 heterocycles. The van der Waals surface area contributed by atoms with E-state index in [1.165, 1.54) is 0 Å². The molecule has 0 aliphatic heterocycles. The van der Waals surface area contributed by atoms with E-state index in [0.29, 0.717) is 12.5 Å². The summed E-state index contributed by atoms with van der Waals surface area (Å²) in [6.45, 7) is 4.41. The van der Waals surface area contributed by atoms with Crippen molar-refractivity contribution in [2.24, 2.45) is 10.7 Å². The average Bonchev–Trinajstić information content (AvgIpc) is 2.99. The lowest BCUT2D eigenvalue weighted by atomic mass is 10.3. The molecule has 0 saturated carbocycles. The molecule has 0 saturated heterocycles. The quantitative estimate of drug-likeness (QED) is 0.333. The van der Waals surface area contributed by atoms with Gasteiger partial charge in [-0.3, -0.25) is 0 Å². The fourth-order valence-electron chi connectivity index (χ4n) is 2.56. The van der Waals surface area contributed by atoms with Gasteiger partial charge in [0, 0.05) is 23.6 Å². The van der Waals surface area contributed by atoms with Crippen LogP contribution in [0.5, 0.6) is 5.75 Å². The predicted molar refractivity (Wildman–Crippen MR) is 118 cm³/mol. The summed E-state index contributed by atoms with van der Waals surface area (Å²) < 4.78 is 7.01. The zero-order chi connectivity index (χ0) is 18.5. The van der Waals surface area contributed by atoms with Crippen LogP contribution < -0.4 is 15.8 Å².